The van der Waals surface area contributed by atoms with Gasteiger partial charge in [0.15, 0.2) is 5.96 Å². The van der Waals surface area contributed by atoms with E-state index in [1.54, 1.807) is 0 Å². The van der Waals surface area contributed by atoms with Gasteiger partial charge in [-0.3, -0.25) is 4.99 Å². The van der Waals surface area contributed by atoms with E-state index in [1.807, 2.05) is 0 Å². The van der Waals surface area contributed by atoms with Crippen molar-refractivity contribution in [3.8, 4) is 5.75 Å². The van der Waals surface area contributed by atoms with Gasteiger partial charge >= 0.3 is 6.36 Å². The maximum Gasteiger partial charge on any atom is 0.573 e. The Morgan fingerprint density at radius 2 is 1.95 bits per heavy atom. The molecule has 7 heteroatoms. The largest absolute Gasteiger partial charge is 0.573 e. The Balaban J connectivity index is 1.88. The molecule has 0 aromatic heterocycles. The molecule has 0 aliphatic heterocycles. The van der Waals surface area contributed by atoms with Gasteiger partial charge in [0.25, 0.3) is 0 Å². The van der Waals surface area contributed by atoms with E-state index in [2.05, 4.69) is 15.0 Å². The zero-order valence-electron chi connectivity index (χ0n) is 10.1. The van der Waals surface area contributed by atoms with E-state index in [9.17, 15) is 13.2 Å². The molecule has 1 aliphatic carbocycles. The van der Waals surface area contributed by atoms with Crippen LogP contribution < -0.4 is 15.8 Å². The molecular weight excluding hydrogens is 259 g/mol. The standard InChI is InChI=1S/C12H14F3N3O/c13-12(14,15)19-10-5-3-9(4-6-10)18-11(16)17-7-8-1-2-8/h3-6,8H,1-2,7H2,(H3,16,17,18). The molecule has 1 fully saturated rings. The molecule has 1 aliphatic rings. The molecule has 0 saturated heterocycles. The molecule has 0 spiro atoms. The minimum atomic E-state index is -4.68. The number of rotatable bonds is 4. The molecule has 0 bridgehead atoms. The Labute approximate surface area is 108 Å². The lowest BCUT2D eigenvalue weighted by atomic mass is 10.3. The van der Waals surface area contributed by atoms with Crippen molar-refractivity contribution >= 4 is 11.6 Å². The van der Waals surface area contributed by atoms with Crippen LogP contribution in [0.15, 0.2) is 29.3 Å². The summed E-state index contributed by atoms with van der Waals surface area (Å²) in [5, 5.41) is 2.81. The fourth-order valence-corrected chi connectivity index (χ4v) is 1.46. The number of anilines is 1. The average Bonchev–Trinajstić information content (AvgIpc) is 3.11. The lowest BCUT2D eigenvalue weighted by Crippen LogP contribution is -2.23. The number of nitrogens with zero attached hydrogens (tertiary/aromatic N) is 1. The summed E-state index contributed by atoms with van der Waals surface area (Å²) < 4.78 is 39.6. The lowest BCUT2D eigenvalue weighted by molar-refractivity contribution is -0.274. The summed E-state index contributed by atoms with van der Waals surface area (Å²) in [6.07, 6.45) is -2.32. The third-order valence-electron chi connectivity index (χ3n) is 2.58. The highest BCUT2D eigenvalue weighted by Crippen LogP contribution is 2.28. The number of halogens is 3. The second-order valence-electron chi connectivity index (χ2n) is 4.37. The predicted molar refractivity (Wildman–Crippen MR) is 66.0 cm³/mol. The predicted octanol–water partition coefficient (Wildman–Crippen LogP) is 2.72. The van der Waals surface area contributed by atoms with Gasteiger partial charge in [-0.15, -0.1) is 13.2 Å². The smallest absolute Gasteiger partial charge is 0.406 e. The number of alkyl halides is 3. The number of nitrogens with one attached hydrogen (secondary N) is 1. The van der Waals surface area contributed by atoms with Gasteiger partial charge in [-0.25, -0.2) is 0 Å². The zero-order chi connectivity index (χ0) is 13.9. The molecule has 4 nitrogen and oxygen atoms in total. The molecular formula is C12H14F3N3O. The summed E-state index contributed by atoms with van der Waals surface area (Å²) in [4.78, 5) is 4.14. The molecule has 3 N–H and O–H groups in total. The Bertz CT molecular complexity index is 452. The second-order valence-corrected chi connectivity index (χ2v) is 4.37. The van der Waals surface area contributed by atoms with Crippen LogP contribution in [0, 0.1) is 5.92 Å². The van der Waals surface area contributed by atoms with E-state index in [0.29, 0.717) is 18.2 Å². The van der Waals surface area contributed by atoms with Crippen LogP contribution in [0.2, 0.25) is 0 Å². The average molecular weight is 273 g/mol. The molecule has 0 atom stereocenters. The molecule has 1 saturated carbocycles. The monoisotopic (exact) mass is 273 g/mol. The van der Waals surface area contributed by atoms with Crippen LogP contribution >= 0.6 is 0 Å². The van der Waals surface area contributed by atoms with Crippen molar-refractivity contribution in [3.05, 3.63) is 24.3 Å². The summed E-state index contributed by atoms with van der Waals surface area (Å²) in [6.45, 7) is 0.689. The third kappa shape index (κ3) is 5.07. The highest BCUT2D eigenvalue weighted by molar-refractivity contribution is 5.92. The van der Waals surface area contributed by atoms with Crippen LogP contribution in [0.5, 0.6) is 5.75 Å². The topological polar surface area (TPSA) is 59.6 Å². The summed E-state index contributed by atoms with van der Waals surface area (Å²) in [7, 11) is 0. The van der Waals surface area contributed by atoms with Crippen molar-refractivity contribution in [1.82, 2.24) is 0 Å². The van der Waals surface area contributed by atoms with Crippen molar-refractivity contribution in [2.45, 2.75) is 19.2 Å². The van der Waals surface area contributed by atoms with E-state index < -0.39 is 6.36 Å². The molecule has 2 rings (SSSR count). The van der Waals surface area contributed by atoms with Crippen LogP contribution in [-0.2, 0) is 0 Å². The quantitative estimate of drug-likeness (QED) is 0.655. The van der Waals surface area contributed by atoms with Gasteiger partial charge in [0.05, 0.1) is 0 Å². The van der Waals surface area contributed by atoms with Gasteiger partial charge in [-0.05, 0) is 43.0 Å². The molecule has 1 aromatic carbocycles. The van der Waals surface area contributed by atoms with Crippen LogP contribution in [0.25, 0.3) is 0 Å². The van der Waals surface area contributed by atoms with Gasteiger partial charge in [0.1, 0.15) is 5.75 Å². The first-order chi connectivity index (χ1) is 8.92. The van der Waals surface area contributed by atoms with Crippen LogP contribution in [0.1, 0.15) is 12.8 Å². The molecule has 0 amide bonds. The molecule has 1 aromatic rings. The second kappa shape index (κ2) is 5.38. The number of nitrogens with two attached hydrogens (primary N) is 1. The minimum absolute atomic E-state index is 0.261. The highest BCUT2D eigenvalue weighted by atomic mass is 19.4. The van der Waals surface area contributed by atoms with Crippen molar-refractivity contribution < 1.29 is 17.9 Å². The van der Waals surface area contributed by atoms with E-state index in [1.165, 1.54) is 37.1 Å². The van der Waals surface area contributed by atoms with Crippen molar-refractivity contribution in [2.24, 2.45) is 16.6 Å². The fraction of sp³-hybridized carbons (Fsp3) is 0.417. The number of guanidine groups is 1. The first kappa shape index (κ1) is 13.5. The highest BCUT2D eigenvalue weighted by Gasteiger charge is 2.30. The van der Waals surface area contributed by atoms with Crippen LogP contribution in [-0.4, -0.2) is 18.9 Å². The molecule has 0 unspecified atom stereocenters. The summed E-state index contributed by atoms with van der Waals surface area (Å²) in [6, 6.07) is 5.31. The normalized spacial score (nSPS) is 16.3. The van der Waals surface area contributed by atoms with E-state index in [0.717, 1.165) is 0 Å². The van der Waals surface area contributed by atoms with Crippen molar-refractivity contribution in [1.29, 1.82) is 0 Å². The first-order valence-electron chi connectivity index (χ1n) is 5.85. The number of hydrogen-bond donors (Lipinski definition) is 2. The minimum Gasteiger partial charge on any atom is -0.406 e. The van der Waals surface area contributed by atoms with Crippen LogP contribution in [0.4, 0.5) is 18.9 Å². The Morgan fingerprint density at radius 3 is 2.47 bits per heavy atom. The van der Waals surface area contributed by atoms with Gasteiger partial charge in [-0.1, -0.05) is 0 Å². The Kier molecular flexibility index (Phi) is 3.82. The summed E-state index contributed by atoms with van der Waals surface area (Å²) in [5.41, 5.74) is 6.21. The van der Waals surface area contributed by atoms with Gasteiger partial charge in [-0.2, -0.15) is 0 Å². The summed E-state index contributed by atoms with van der Waals surface area (Å²) >= 11 is 0. The maximum atomic E-state index is 12.0. The number of aliphatic imine (C=N–C) groups is 1. The number of benzene rings is 1. The summed E-state index contributed by atoms with van der Waals surface area (Å²) in [5.74, 6) is 0.617. The van der Waals surface area contributed by atoms with Gasteiger partial charge in [0.2, 0.25) is 0 Å². The fourth-order valence-electron chi connectivity index (χ4n) is 1.46. The van der Waals surface area contributed by atoms with E-state index in [-0.39, 0.29) is 11.7 Å². The van der Waals surface area contributed by atoms with Gasteiger partial charge in [0, 0.05) is 12.2 Å². The first-order valence-corrected chi connectivity index (χ1v) is 5.85. The van der Waals surface area contributed by atoms with E-state index in [4.69, 9.17) is 5.73 Å². The Morgan fingerprint density at radius 1 is 1.32 bits per heavy atom. The van der Waals surface area contributed by atoms with E-state index >= 15 is 0 Å². The Hall–Kier alpha value is -1.92. The van der Waals surface area contributed by atoms with Crippen molar-refractivity contribution in [3.63, 3.8) is 0 Å². The SMILES string of the molecule is NC(=NCC1CC1)Nc1ccc(OC(F)(F)F)cc1. The van der Waals surface area contributed by atoms with Crippen molar-refractivity contribution in [2.75, 3.05) is 11.9 Å². The molecule has 0 heterocycles. The maximum absolute atomic E-state index is 12.0. The molecule has 104 valence electrons. The molecule has 0 radical (unpaired) electrons. The zero-order valence-corrected chi connectivity index (χ0v) is 10.1. The third-order valence-corrected chi connectivity index (χ3v) is 2.58. The number of ether oxygens (including phenoxy) is 1. The number of hydrogen-bond acceptors (Lipinski definition) is 2. The van der Waals surface area contributed by atoms with Gasteiger partial charge < -0.3 is 15.8 Å². The lowest BCUT2D eigenvalue weighted by Gasteiger charge is -2.10. The molecule has 19 heavy (non-hydrogen) atoms. The van der Waals surface area contributed by atoms with Crippen LogP contribution in [0.3, 0.4) is 0 Å².